The second kappa shape index (κ2) is 7.70. The van der Waals surface area contributed by atoms with Gasteiger partial charge in [0.2, 0.25) is 0 Å². The molecule has 0 aliphatic carbocycles. The predicted molar refractivity (Wildman–Crippen MR) is 87.7 cm³/mol. The van der Waals surface area contributed by atoms with E-state index < -0.39 is 0 Å². The topological polar surface area (TPSA) is 52.3 Å². The Labute approximate surface area is 131 Å². The quantitative estimate of drug-likeness (QED) is 0.695. The first-order chi connectivity index (χ1) is 9.61. The van der Waals surface area contributed by atoms with Gasteiger partial charge in [0.1, 0.15) is 0 Å². The van der Waals surface area contributed by atoms with Crippen LogP contribution in [0.4, 0.5) is 5.69 Å². The second-order valence-electron chi connectivity index (χ2n) is 4.87. The van der Waals surface area contributed by atoms with Crippen molar-refractivity contribution in [2.45, 2.75) is 19.3 Å². The molecule has 2 rings (SSSR count). The molecule has 0 bridgehead atoms. The lowest BCUT2D eigenvalue weighted by atomic mass is 9.90. The Hall–Kier alpha value is -2.00. The summed E-state index contributed by atoms with van der Waals surface area (Å²) in [6.45, 7) is 2.05. The molecule has 0 aromatic heterocycles. The van der Waals surface area contributed by atoms with E-state index in [0.717, 1.165) is 11.1 Å². The lowest BCUT2D eigenvalue weighted by Gasteiger charge is -2.16. The van der Waals surface area contributed by atoms with Crippen LogP contribution in [0.2, 0.25) is 0 Å². The van der Waals surface area contributed by atoms with E-state index in [-0.39, 0.29) is 24.3 Å². The molecule has 0 aliphatic heterocycles. The minimum absolute atomic E-state index is 0. The third-order valence-corrected chi connectivity index (χ3v) is 3.51. The molecule has 0 amide bonds. The Morgan fingerprint density at radius 1 is 1.14 bits per heavy atom. The van der Waals surface area contributed by atoms with E-state index in [1.807, 2.05) is 55.5 Å². The van der Waals surface area contributed by atoms with E-state index in [1.165, 1.54) is 12.7 Å². The van der Waals surface area contributed by atoms with Crippen LogP contribution in [0.15, 0.2) is 48.5 Å². The summed E-state index contributed by atoms with van der Waals surface area (Å²) < 4.78 is 4.94. The van der Waals surface area contributed by atoms with Gasteiger partial charge in [0.15, 0.2) is 0 Å². The van der Waals surface area contributed by atoms with Crippen LogP contribution in [0.25, 0.3) is 0 Å². The highest BCUT2D eigenvalue weighted by atomic mass is 35.5. The number of esters is 1. The maximum absolute atomic E-state index is 12.1. The van der Waals surface area contributed by atoms with E-state index in [2.05, 4.69) is 0 Å². The van der Waals surface area contributed by atoms with E-state index >= 15 is 0 Å². The average molecular weight is 306 g/mol. The molecule has 0 heterocycles. The van der Waals surface area contributed by atoms with Gasteiger partial charge in [0, 0.05) is 5.69 Å². The number of carbonyl (C=O) groups excluding carboxylic acids is 1. The number of hydrogen-bond acceptors (Lipinski definition) is 3. The third kappa shape index (κ3) is 4.23. The first-order valence-corrected chi connectivity index (χ1v) is 6.59. The van der Waals surface area contributed by atoms with Crippen molar-refractivity contribution >= 4 is 24.1 Å². The Kier molecular flexibility index (Phi) is 6.25. The van der Waals surface area contributed by atoms with Crippen molar-refractivity contribution in [2.24, 2.45) is 0 Å². The first kappa shape index (κ1) is 17.1. The van der Waals surface area contributed by atoms with Gasteiger partial charge in [-0.05, 0) is 42.2 Å². The lowest BCUT2D eigenvalue weighted by Crippen LogP contribution is -2.17. The number of ether oxygens (including phenoxy) is 1. The van der Waals surface area contributed by atoms with Gasteiger partial charge in [-0.2, -0.15) is 0 Å². The Bertz CT molecular complexity index is 596. The van der Waals surface area contributed by atoms with Gasteiger partial charge in [0.25, 0.3) is 0 Å². The van der Waals surface area contributed by atoms with E-state index in [4.69, 9.17) is 10.5 Å². The van der Waals surface area contributed by atoms with Crippen LogP contribution in [0.5, 0.6) is 0 Å². The third-order valence-electron chi connectivity index (χ3n) is 3.51. The number of rotatable bonds is 4. The highest BCUT2D eigenvalue weighted by Crippen LogP contribution is 2.24. The molecule has 1 unspecified atom stereocenters. The van der Waals surface area contributed by atoms with Crippen LogP contribution < -0.4 is 5.73 Å². The maximum atomic E-state index is 12.1. The summed E-state index contributed by atoms with van der Waals surface area (Å²) in [7, 11) is 1.42. The molecule has 0 saturated carbocycles. The molecular weight excluding hydrogens is 286 g/mol. The molecule has 1 atom stereocenters. The van der Waals surface area contributed by atoms with Gasteiger partial charge < -0.3 is 10.5 Å². The molecule has 0 aliphatic rings. The monoisotopic (exact) mass is 305 g/mol. The zero-order valence-electron chi connectivity index (χ0n) is 12.2. The standard InChI is InChI=1S/C17H19NO2.ClH/c1-12-5-3-4-6-14(12)11-16(17(19)20-2)13-7-9-15(18)10-8-13;/h3-10,16H,11,18H2,1-2H3;1H. The molecule has 0 radical (unpaired) electrons. The van der Waals surface area contributed by atoms with E-state index in [0.29, 0.717) is 12.1 Å². The van der Waals surface area contributed by atoms with Crippen molar-refractivity contribution in [2.75, 3.05) is 12.8 Å². The van der Waals surface area contributed by atoms with Crippen molar-refractivity contribution in [3.8, 4) is 0 Å². The van der Waals surface area contributed by atoms with Crippen LogP contribution >= 0.6 is 12.4 Å². The molecule has 0 fully saturated rings. The number of nitrogen functional groups attached to an aromatic ring is 1. The van der Waals surface area contributed by atoms with Gasteiger partial charge in [-0.25, -0.2) is 0 Å². The lowest BCUT2D eigenvalue weighted by molar-refractivity contribution is -0.142. The van der Waals surface area contributed by atoms with Crippen molar-refractivity contribution in [1.29, 1.82) is 0 Å². The molecule has 3 nitrogen and oxygen atoms in total. The smallest absolute Gasteiger partial charge is 0.313 e. The summed E-state index contributed by atoms with van der Waals surface area (Å²) in [5, 5.41) is 0. The fraction of sp³-hybridized carbons (Fsp3) is 0.235. The highest BCUT2D eigenvalue weighted by Gasteiger charge is 2.22. The number of methoxy groups -OCH3 is 1. The maximum Gasteiger partial charge on any atom is 0.313 e. The van der Waals surface area contributed by atoms with Crippen LogP contribution in [0.3, 0.4) is 0 Å². The van der Waals surface area contributed by atoms with Crippen LogP contribution in [0, 0.1) is 6.92 Å². The van der Waals surface area contributed by atoms with Crippen molar-refractivity contribution < 1.29 is 9.53 Å². The van der Waals surface area contributed by atoms with Crippen molar-refractivity contribution in [3.05, 3.63) is 65.2 Å². The second-order valence-corrected chi connectivity index (χ2v) is 4.87. The average Bonchev–Trinajstić information content (AvgIpc) is 2.47. The number of anilines is 1. The molecule has 2 aromatic carbocycles. The molecule has 112 valence electrons. The van der Waals surface area contributed by atoms with Crippen molar-refractivity contribution in [3.63, 3.8) is 0 Å². The molecule has 0 spiro atoms. The molecule has 0 saturated heterocycles. The van der Waals surface area contributed by atoms with E-state index in [1.54, 1.807) is 0 Å². The number of carbonyl (C=O) groups is 1. The van der Waals surface area contributed by atoms with Crippen LogP contribution in [-0.4, -0.2) is 13.1 Å². The summed E-state index contributed by atoms with van der Waals surface area (Å²) in [4.78, 5) is 12.1. The molecule has 2 aromatic rings. The van der Waals surface area contributed by atoms with Gasteiger partial charge in [-0.1, -0.05) is 36.4 Å². The SMILES string of the molecule is COC(=O)C(Cc1ccccc1C)c1ccc(N)cc1.Cl. The van der Waals surface area contributed by atoms with Gasteiger partial charge in [-0.3, -0.25) is 4.79 Å². The zero-order chi connectivity index (χ0) is 14.5. The number of halogens is 1. The van der Waals surface area contributed by atoms with Gasteiger partial charge >= 0.3 is 5.97 Å². The predicted octanol–water partition coefficient (Wildman–Crippen LogP) is 3.50. The Morgan fingerprint density at radius 3 is 2.33 bits per heavy atom. The summed E-state index contributed by atoms with van der Waals surface area (Å²) in [5.74, 6) is -0.528. The normalized spacial score (nSPS) is 11.3. The Balaban J connectivity index is 0.00000220. The molecular formula is C17H20ClNO2. The highest BCUT2D eigenvalue weighted by molar-refractivity contribution is 5.85. The van der Waals surface area contributed by atoms with Crippen LogP contribution in [0.1, 0.15) is 22.6 Å². The minimum atomic E-state index is -0.304. The molecule has 4 heteroatoms. The van der Waals surface area contributed by atoms with E-state index in [9.17, 15) is 4.79 Å². The number of aryl methyl sites for hydroxylation is 1. The minimum Gasteiger partial charge on any atom is -0.469 e. The van der Waals surface area contributed by atoms with Gasteiger partial charge in [-0.15, -0.1) is 12.4 Å². The molecule has 2 N–H and O–H groups in total. The number of hydrogen-bond donors (Lipinski definition) is 1. The Morgan fingerprint density at radius 2 is 1.76 bits per heavy atom. The fourth-order valence-corrected chi connectivity index (χ4v) is 2.27. The van der Waals surface area contributed by atoms with Crippen LogP contribution in [-0.2, 0) is 16.0 Å². The number of nitrogens with two attached hydrogens (primary N) is 1. The molecule has 21 heavy (non-hydrogen) atoms. The summed E-state index contributed by atoms with van der Waals surface area (Å²) in [6.07, 6.45) is 0.628. The summed E-state index contributed by atoms with van der Waals surface area (Å²) in [5.41, 5.74) is 9.64. The first-order valence-electron chi connectivity index (χ1n) is 6.59. The largest absolute Gasteiger partial charge is 0.469 e. The van der Waals surface area contributed by atoms with Crippen molar-refractivity contribution in [1.82, 2.24) is 0 Å². The fourth-order valence-electron chi connectivity index (χ4n) is 2.27. The summed E-state index contributed by atoms with van der Waals surface area (Å²) >= 11 is 0. The zero-order valence-corrected chi connectivity index (χ0v) is 13.0. The summed E-state index contributed by atoms with van der Waals surface area (Å²) in [6, 6.07) is 15.5. The van der Waals surface area contributed by atoms with Gasteiger partial charge in [0.05, 0.1) is 13.0 Å². The number of benzene rings is 2.